The van der Waals surface area contributed by atoms with Crippen LogP contribution in [0.25, 0.3) is 27.7 Å². The summed E-state index contributed by atoms with van der Waals surface area (Å²) >= 11 is 4.89. The number of halogens is 1. The van der Waals surface area contributed by atoms with Crippen molar-refractivity contribution in [2.24, 2.45) is 0 Å². The number of carbonyl (C=O) groups is 2. The molecule has 186 valence electrons. The minimum Gasteiger partial charge on any atom is -0.480 e. The molecule has 1 aliphatic heterocycles. The Morgan fingerprint density at radius 3 is 2.76 bits per heavy atom. The zero-order chi connectivity index (χ0) is 25.7. The quantitative estimate of drug-likeness (QED) is 0.314. The van der Waals surface area contributed by atoms with E-state index in [1.165, 1.54) is 16.2 Å². The Kier molecular flexibility index (Phi) is 5.88. The van der Waals surface area contributed by atoms with E-state index < -0.39 is 12.0 Å². The zero-order valence-electron chi connectivity index (χ0n) is 19.4. The fraction of sp³-hybridized carbons (Fsp3) is 0.192. The number of hydrogen-bond donors (Lipinski definition) is 2. The van der Waals surface area contributed by atoms with Crippen LogP contribution in [0.15, 0.2) is 64.7 Å². The van der Waals surface area contributed by atoms with Crippen molar-refractivity contribution < 1.29 is 14.7 Å². The molecule has 2 unspecified atom stereocenters. The van der Waals surface area contributed by atoms with Crippen LogP contribution in [0.5, 0.6) is 0 Å². The van der Waals surface area contributed by atoms with Gasteiger partial charge in [-0.15, -0.1) is 11.3 Å². The van der Waals surface area contributed by atoms with Crippen LogP contribution >= 0.6 is 27.3 Å². The summed E-state index contributed by atoms with van der Waals surface area (Å²) in [6.07, 6.45) is 4.37. The molecule has 3 N–H and O–H groups in total. The minimum atomic E-state index is -1.01. The van der Waals surface area contributed by atoms with Crippen LogP contribution in [-0.4, -0.2) is 54.1 Å². The van der Waals surface area contributed by atoms with E-state index in [1.807, 2.05) is 30.3 Å². The van der Waals surface area contributed by atoms with Crippen LogP contribution < -0.4 is 5.73 Å². The van der Waals surface area contributed by atoms with Gasteiger partial charge in [-0.3, -0.25) is 9.78 Å². The lowest BCUT2D eigenvalue weighted by atomic mass is 9.89. The van der Waals surface area contributed by atoms with Crippen molar-refractivity contribution in [1.29, 1.82) is 0 Å². The molecule has 9 nitrogen and oxygen atoms in total. The number of thiophene rings is 1. The predicted octanol–water partition coefficient (Wildman–Crippen LogP) is 4.82. The van der Waals surface area contributed by atoms with Gasteiger partial charge in [0.25, 0.3) is 5.91 Å². The topological polar surface area (TPSA) is 127 Å². The Bertz CT molecular complexity index is 1670. The highest BCUT2D eigenvalue weighted by molar-refractivity contribution is 9.10. The maximum absolute atomic E-state index is 13.2. The number of carbonyl (C=O) groups excluding carboxylic acids is 1. The number of hydrogen-bond acceptors (Lipinski definition) is 7. The largest absolute Gasteiger partial charge is 0.480 e. The van der Waals surface area contributed by atoms with E-state index in [0.717, 1.165) is 22.0 Å². The number of para-hydroxylation sites is 1. The third kappa shape index (κ3) is 4.04. The molecule has 0 radical (unpaired) electrons. The van der Waals surface area contributed by atoms with Crippen molar-refractivity contribution >= 4 is 61.5 Å². The Morgan fingerprint density at radius 1 is 1.14 bits per heavy atom. The normalized spacial score (nSPS) is 17.9. The van der Waals surface area contributed by atoms with Crippen LogP contribution in [-0.2, 0) is 4.79 Å². The first-order valence-electron chi connectivity index (χ1n) is 11.7. The van der Waals surface area contributed by atoms with E-state index in [0.29, 0.717) is 39.4 Å². The smallest absolute Gasteiger partial charge is 0.326 e. The third-order valence-corrected chi connectivity index (χ3v) is 8.47. The number of pyridine rings is 1. The van der Waals surface area contributed by atoms with Crippen molar-refractivity contribution in [3.8, 4) is 11.1 Å². The SMILES string of the molecule is Nc1c(Br)c(C2CCC(C(=O)O)N(C(=O)c3cccs3)C2)nc2c(-c3cnc4ccccc4c3)cnn12. The number of benzene rings is 1. The lowest BCUT2D eigenvalue weighted by Gasteiger charge is -2.37. The summed E-state index contributed by atoms with van der Waals surface area (Å²) < 4.78 is 2.17. The summed E-state index contributed by atoms with van der Waals surface area (Å²) in [6.45, 7) is 0.218. The molecule has 11 heteroatoms. The molecule has 4 aromatic heterocycles. The number of aliphatic carboxylic acids is 1. The summed E-state index contributed by atoms with van der Waals surface area (Å²) in [5, 5.41) is 17.1. The van der Waals surface area contributed by atoms with Crippen molar-refractivity contribution in [1.82, 2.24) is 24.5 Å². The van der Waals surface area contributed by atoms with Crippen LogP contribution in [0.4, 0.5) is 5.82 Å². The molecule has 0 spiro atoms. The van der Waals surface area contributed by atoms with E-state index in [1.54, 1.807) is 34.4 Å². The van der Waals surface area contributed by atoms with E-state index in [-0.39, 0.29) is 18.4 Å². The number of nitrogens with two attached hydrogens (primary N) is 1. The average molecular weight is 577 g/mol. The molecule has 37 heavy (non-hydrogen) atoms. The highest BCUT2D eigenvalue weighted by atomic mass is 79.9. The highest BCUT2D eigenvalue weighted by Gasteiger charge is 2.38. The highest BCUT2D eigenvalue weighted by Crippen LogP contribution is 2.38. The molecular formula is C26H21BrN6O3S. The minimum absolute atomic E-state index is 0.210. The van der Waals surface area contributed by atoms with Crippen LogP contribution in [0.3, 0.4) is 0 Å². The molecule has 1 fully saturated rings. The number of nitrogen functional groups attached to an aromatic ring is 1. The molecule has 2 atom stereocenters. The Hall–Kier alpha value is -3.83. The van der Waals surface area contributed by atoms with Crippen molar-refractivity contribution in [2.75, 3.05) is 12.3 Å². The molecule has 1 amide bonds. The number of aromatic nitrogens is 4. The standard InChI is InChI=1S/C26H21BrN6O3S/c27-21-22(15-7-8-19(26(35)36)32(13-15)25(34)20-6-3-9-37-20)31-24-17(12-30-33(24)23(21)28)16-10-14-4-1-2-5-18(14)29-11-16/h1-6,9-12,15,19H,7-8,13,28H2,(H,35,36). The average Bonchev–Trinajstić information content (AvgIpc) is 3.60. The number of amides is 1. The maximum atomic E-state index is 13.2. The first-order valence-corrected chi connectivity index (χ1v) is 13.3. The molecule has 1 saturated heterocycles. The second kappa shape index (κ2) is 9.24. The Morgan fingerprint density at radius 2 is 1.97 bits per heavy atom. The summed E-state index contributed by atoms with van der Waals surface area (Å²) in [5.74, 6) is -1.12. The van der Waals surface area contributed by atoms with Gasteiger partial charge in [0.1, 0.15) is 11.9 Å². The fourth-order valence-corrected chi connectivity index (χ4v) is 6.18. The van der Waals surface area contributed by atoms with Crippen molar-refractivity contribution in [3.05, 3.63) is 75.3 Å². The number of carboxylic acids is 1. The molecule has 1 aromatic carbocycles. The van der Waals surface area contributed by atoms with Crippen LogP contribution in [0.2, 0.25) is 0 Å². The second-order valence-corrected chi connectivity index (χ2v) is 10.7. The predicted molar refractivity (Wildman–Crippen MR) is 145 cm³/mol. The van der Waals surface area contributed by atoms with E-state index in [4.69, 9.17) is 10.7 Å². The monoisotopic (exact) mass is 576 g/mol. The zero-order valence-corrected chi connectivity index (χ0v) is 21.8. The fourth-order valence-electron chi connectivity index (χ4n) is 4.92. The Balaban J connectivity index is 1.42. The van der Waals surface area contributed by atoms with Gasteiger partial charge in [0.05, 0.1) is 26.8 Å². The third-order valence-electron chi connectivity index (χ3n) is 6.80. The van der Waals surface area contributed by atoms with Gasteiger partial charge in [0, 0.05) is 35.2 Å². The van der Waals surface area contributed by atoms with Gasteiger partial charge in [0.15, 0.2) is 5.65 Å². The van der Waals surface area contributed by atoms with Crippen LogP contribution in [0.1, 0.15) is 34.1 Å². The molecular weight excluding hydrogens is 556 g/mol. The van der Waals surface area contributed by atoms with Gasteiger partial charge in [0.2, 0.25) is 0 Å². The van der Waals surface area contributed by atoms with E-state index >= 15 is 0 Å². The molecule has 0 saturated carbocycles. The number of fused-ring (bicyclic) bond motifs is 2. The molecule has 6 rings (SSSR count). The summed E-state index contributed by atoms with van der Waals surface area (Å²) in [7, 11) is 0. The first kappa shape index (κ1) is 23.6. The first-order chi connectivity index (χ1) is 17.9. The van der Waals surface area contributed by atoms with Crippen molar-refractivity contribution in [3.63, 3.8) is 0 Å². The number of rotatable bonds is 4. The lowest BCUT2D eigenvalue weighted by molar-refractivity contribution is -0.143. The van der Waals surface area contributed by atoms with Gasteiger partial charge in [-0.05, 0) is 52.4 Å². The van der Waals surface area contributed by atoms with E-state index in [2.05, 4.69) is 26.0 Å². The second-order valence-electron chi connectivity index (χ2n) is 8.97. The molecule has 1 aliphatic rings. The number of nitrogens with zero attached hydrogens (tertiary/aromatic N) is 5. The van der Waals surface area contributed by atoms with Gasteiger partial charge in [-0.2, -0.15) is 9.61 Å². The van der Waals surface area contributed by atoms with Gasteiger partial charge >= 0.3 is 5.97 Å². The number of carboxylic acid groups (broad SMARTS) is 1. The van der Waals surface area contributed by atoms with E-state index in [9.17, 15) is 14.7 Å². The molecule has 5 heterocycles. The molecule has 5 aromatic rings. The maximum Gasteiger partial charge on any atom is 0.326 e. The lowest BCUT2D eigenvalue weighted by Crippen LogP contribution is -2.50. The Labute approximate surface area is 223 Å². The van der Waals surface area contributed by atoms with Gasteiger partial charge < -0.3 is 15.7 Å². The van der Waals surface area contributed by atoms with Gasteiger partial charge in [-0.1, -0.05) is 24.3 Å². The summed E-state index contributed by atoms with van der Waals surface area (Å²) in [4.78, 5) is 36.7. The summed E-state index contributed by atoms with van der Waals surface area (Å²) in [6, 6.07) is 12.5. The molecule has 0 bridgehead atoms. The van der Waals surface area contributed by atoms with Gasteiger partial charge in [-0.25, -0.2) is 9.78 Å². The molecule has 0 aliphatic carbocycles. The van der Waals surface area contributed by atoms with Crippen molar-refractivity contribution in [2.45, 2.75) is 24.8 Å². The van der Waals surface area contributed by atoms with Crippen LogP contribution in [0, 0.1) is 0 Å². The number of piperidine rings is 1. The summed E-state index contributed by atoms with van der Waals surface area (Å²) in [5.41, 5.74) is 10.3. The number of anilines is 1. The number of likely N-dealkylation sites (tertiary alicyclic amines) is 1.